The number of amides is 1. The van der Waals surface area contributed by atoms with E-state index in [1.807, 2.05) is 18.2 Å². The zero-order chi connectivity index (χ0) is 13.7. The summed E-state index contributed by atoms with van der Waals surface area (Å²) in [7, 11) is 1.78. The summed E-state index contributed by atoms with van der Waals surface area (Å²) in [6, 6.07) is 5.77. The van der Waals surface area contributed by atoms with Crippen LogP contribution in [0, 0.1) is 0 Å². The van der Waals surface area contributed by atoms with E-state index in [2.05, 4.69) is 10.1 Å². The Morgan fingerprint density at radius 2 is 2.32 bits per heavy atom. The molecule has 2 aromatic heterocycles. The summed E-state index contributed by atoms with van der Waals surface area (Å²) in [4.78, 5) is 17.8. The van der Waals surface area contributed by atoms with E-state index < -0.39 is 0 Å². The van der Waals surface area contributed by atoms with E-state index in [9.17, 15) is 4.79 Å². The highest BCUT2D eigenvalue weighted by molar-refractivity contribution is 5.75. The first-order valence-corrected chi connectivity index (χ1v) is 6.07. The van der Waals surface area contributed by atoms with Crippen molar-refractivity contribution in [1.29, 1.82) is 0 Å². The molecule has 1 amide bonds. The Balaban J connectivity index is 1.82. The molecule has 2 aromatic rings. The highest BCUT2D eigenvalue weighted by atomic mass is 16.2. The fraction of sp³-hybridized carbons (Fsp3) is 0.308. The molecule has 0 aromatic carbocycles. The molecule has 100 valence electrons. The van der Waals surface area contributed by atoms with Crippen LogP contribution in [-0.4, -0.2) is 39.2 Å². The summed E-state index contributed by atoms with van der Waals surface area (Å²) >= 11 is 0. The Labute approximate surface area is 111 Å². The number of hydrogen-bond donors (Lipinski definition) is 1. The SMILES string of the molecule is CN(CCc1ccccn1)C(=O)Cn1cc(N)cn1. The number of pyridine rings is 1. The average molecular weight is 259 g/mol. The van der Waals surface area contributed by atoms with Gasteiger partial charge in [-0.15, -0.1) is 0 Å². The van der Waals surface area contributed by atoms with Crippen LogP contribution in [0.25, 0.3) is 0 Å². The molecule has 0 aliphatic rings. The van der Waals surface area contributed by atoms with Crippen molar-refractivity contribution in [2.75, 3.05) is 19.3 Å². The van der Waals surface area contributed by atoms with Gasteiger partial charge in [-0.05, 0) is 12.1 Å². The van der Waals surface area contributed by atoms with Crippen LogP contribution in [0.5, 0.6) is 0 Å². The van der Waals surface area contributed by atoms with Crippen molar-refractivity contribution in [1.82, 2.24) is 19.7 Å². The minimum Gasteiger partial charge on any atom is -0.396 e. The second-order valence-corrected chi connectivity index (χ2v) is 4.36. The van der Waals surface area contributed by atoms with E-state index in [4.69, 9.17) is 5.73 Å². The van der Waals surface area contributed by atoms with Crippen LogP contribution < -0.4 is 5.73 Å². The molecule has 0 spiro atoms. The van der Waals surface area contributed by atoms with Gasteiger partial charge in [-0.25, -0.2) is 0 Å². The molecule has 2 heterocycles. The molecule has 0 saturated heterocycles. The molecule has 2 N–H and O–H groups in total. The normalized spacial score (nSPS) is 10.4. The maximum atomic E-state index is 11.9. The predicted octanol–water partition coefficient (Wildman–Crippen LogP) is 0.561. The Bertz CT molecular complexity index is 537. The fourth-order valence-electron chi connectivity index (χ4n) is 1.68. The van der Waals surface area contributed by atoms with Gasteiger partial charge in [0.25, 0.3) is 0 Å². The van der Waals surface area contributed by atoms with Crippen molar-refractivity contribution in [2.24, 2.45) is 0 Å². The smallest absolute Gasteiger partial charge is 0.244 e. The van der Waals surface area contributed by atoms with Crippen LogP contribution in [0.1, 0.15) is 5.69 Å². The number of nitrogens with zero attached hydrogens (tertiary/aromatic N) is 4. The molecule has 0 unspecified atom stereocenters. The summed E-state index contributed by atoms with van der Waals surface area (Å²) in [5, 5.41) is 3.99. The van der Waals surface area contributed by atoms with Gasteiger partial charge >= 0.3 is 0 Å². The van der Waals surface area contributed by atoms with Gasteiger partial charge in [0.1, 0.15) is 6.54 Å². The number of rotatable bonds is 5. The van der Waals surface area contributed by atoms with Gasteiger partial charge < -0.3 is 10.6 Å². The van der Waals surface area contributed by atoms with Gasteiger partial charge in [-0.3, -0.25) is 14.5 Å². The summed E-state index contributed by atoms with van der Waals surface area (Å²) in [5.41, 5.74) is 7.09. The highest BCUT2D eigenvalue weighted by Crippen LogP contribution is 2.00. The number of aromatic nitrogens is 3. The van der Waals surface area contributed by atoms with Gasteiger partial charge in [0.15, 0.2) is 0 Å². The van der Waals surface area contributed by atoms with Crippen LogP contribution in [0.15, 0.2) is 36.8 Å². The number of carbonyl (C=O) groups is 1. The standard InChI is InChI=1S/C13H17N5O/c1-17(7-5-12-4-2-3-6-15-12)13(19)10-18-9-11(14)8-16-18/h2-4,6,8-9H,5,7,10,14H2,1H3. The highest BCUT2D eigenvalue weighted by Gasteiger charge is 2.10. The largest absolute Gasteiger partial charge is 0.396 e. The summed E-state index contributed by atoms with van der Waals surface area (Å²) < 4.78 is 1.54. The summed E-state index contributed by atoms with van der Waals surface area (Å²) in [6.45, 7) is 0.836. The number of carbonyl (C=O) groups excluding carboxylic acids is 1. The third-order valence-electron chi connectivity index (χ3n) is 2.81. The molecule has 2 rings (SSSR count). The molecular weight excluding hydrogens is 242 g/mol. The average Bonchev–Trinajstić information content (AvgIpc) is 2.82. The molecule has 0 aliphatic heterocycles. The Hall–Kier alpha value is -2.37. The van der Waals surface area contributed by atoms with E-state index in [1.165, 1.54) is 10.9 Å². The fourth-order valence-corrected chi connectivity index (χ4v) is 1.68. The lowest BCUT2D eigenvalue weighted by Crippen LogP contribution is -2.32. The molecule has 0 saturated carbocycles. The monoisotopic (exact) mass is 259 g/mol. The molecule has 19 heavy (non-hydrogen) atoms. The van der Waals surface area contributed by atoms with Crippen molar-refractivity contribution in [2.45, 2.75) is 13.0 Å². The van der Waals surface area contributed by atoms with Gasteiger partial charge in [0.05, 0.1) is 11.9 Å². The first-order valence-electron chi connectivity index (χ1n) is 6.07. The minimum atomic E-state index is -0.000897. The molecule has 0 radical (unpaired) electrons. The minimum absolute atomic E-state index is 0.000897. The molecule has 6 heteroatoms. The molecule has 0 fully saturated rings. The predicted molar refractivity (Wildman–Crippen MR) is 72.2 cm³/mol. The summed E-state index contributed by atoms with van der Waals surface area (Å²) in [6.07, 6.45) is 5.67. The van der Waals surface area contributed by atoms with Crippen LogP contribution in [0.3, 0.4) is 0 Å². The Morgan fingerprint density at radius 3 is 2.95 bits per heavy atom. The molecule has 0 atom stereocenters. The maximum absolute atomic E-state index is 11.9. The Kier molecular flexibility index (Phi) is 4.12. The zero-order valence-corrected chi connectivity index (χ0v) is 10.9. The molecular formula is C13H17N5O. The van der Waals surface area contributed by atoms with Gasteiger partial charge in [-0.2, -0.15) is 5.10 Å². The van der Waals surface area contributed by atoms with Crippen LogP contribution in [-0.2, 0) is 17.8 Å². The van der Waals surface area contributed by atoms with Crippen LogP contribution >= 0.6 is 0 Å². The van der Waals surface area contributed by atoms with E-state index >= 15 is 0 Å². The van der Waals surface area contributed by atoms with Crippen LogP contribution in [0.4, 0.5) is 5.69 Å². The zero-order valence-electron chi connectivity index (χ0n) is 10.9. The van der Waals surface area contributed by atoms with Crippen molar-refractivity contribution in [3.05, 3.63) is 42.5 Å². The first kappa shape index (κ1) is 13.1. The van der Waals surface area contributed by atoms with Crippen molar-refractivity contribution in [3.8, 4) is 0 Å². The number of likely N-dealkylation sites (N-methyl/N-ethyl adjacent to an activating group) is 1. The topological polar surface area (TPSA) is 77.0 Å². The quantitative estimate of drug-likeness (QED) is 0.851. The number of nitrogens with two attached hydrogens (primary N) is 1. The van der Waals surface area contributed by atoms with Gasteiger partial charge in [0.2, 0.25) is 5.91 Å². The van der Waals surface area contributed by atoms with Gasteiger partial charge in [-0.1, -0.05) is 6.07 Å². The van der Waals surface area contributed by atoms with E-state index in [-0.39, 0.29) is 12.5 Å². The van der Waals surface area contributed by atoms with Crippen LogP contribution in [0.2, 0.25) is 0 Å². The molecule has 0 aliphatic carbocycles. The van der Waals surface area contributed by atoms with E-state index in [1.54, 1.807) is 24.3 Å². The third-order valence-corrected chi connectivity index (χ3v) is 2.81. The van der Waals surface area contributed by atoms with Gasteiger partial charge in [0, 0.05) is 38.1 Å². The molecule has 6 nitrogen and oxygen atoms in total. The number of anilines is 1. The Morgan fingerprint density at radius 1 is 1.47 bits per heavy atom. The van der Waals surface area contributed by atoms with Crippen molar-refractivity contribution >= 4 is 11.6 Å². The lowest BCUT2D eigenvalue weighted by molar-refractivity contribution is -0.130. The first-order chi connectivity index (χ1) is 9.15. The number of nitrogen functional groups attached to an aromatic ring is 1. The number of hydrogen-bond acceptors (Lipinski definition) is 4. The summed E-state index contributed by atoms with van der Waals surface area (Å²) in [5.74, 6) is -0.000897. The lowest BCUT2D eigenvalue weighted by atomic mass is 10.2. The van der Waals surface area contributed by atoms with E-state index in [0.29, 0.717) is 12.2 Å². The van der Waals surface area contributed by atoms with E-state index in [0.717, 1.165) is 12.1 Å². The maximum Gasteiger partial charge on any atom is 0.244 e. The molecule has 0 bridgehead atoms. The lowest BCUT2D eigenvalue weighted by Gasteiger charge is -2.16. The third kappa shape index (κ3) is 3.80. The van der Waals surface area contributed by atoms with Crippen molar-refractivity contribution < 1.29 is 4.79 Å². The van der Waals surface area contributed by atoms with Crippen molar-refractivity contribution in [3.63, 3.8) is 0 Å². The second-order valence-electron chi connectivity index (χ2n) is 4.36. The second kappa shape index (κ2) is 5.99.